The van der Waals surface area contributed by atoms with E-state index in [2.05, 4.69) is 64.3 Å². The number of aromatic nitrogens is 2. The molecule has 0 unspecified atom stereocenters. The topological polar surface area (TPSA) is 58.6 Å². The maximum Gasteiger partial charge on any atom is 0.252 e. The van der Waals surface area contributed by atoms with Crippen molar-refractivity contribution in [1.82, 2.24) is 14.9 Å². The Morgan fingerprint density at radius 1 is 0.943 bits per heavy atom. The summed E-state index contributed by atoms with van der Waals surface area (Å²) in [6, 6.07) is 15.0. The molecule has 4 rings (SSSR count). The standard InChI is InChI=1S/C29H36N4O2/c1-23-10-6-7-11-25(23)19-32-14-8-4-3-5-9-15-33(29(34)21-35-2)28-13-12-24(16-26(28)20-32)27-17-30-22-31-18-27/h6-7,10-13,16-18,22H,3-5,8-9,14-15,19-21H2,1-2H3. The first-order chi connectivity index (χ1) is 17.2. The average Bonchev–Trinajstić information content (AvgIpc) is 2.87. The summed E-state index contributed by atoms with van der Waals surface area (Å²) in [5.74, 6) is 0.00653. The third-order valence-corrected chi connectivity index (χ3v) is 6.74. The van der Waals surface area contributed by atoms with Crippen LogP contribution >= 0.6 is 0 Å². The van der Waals surface area contributed by atoms with Crippen LogP contribution in [-0.4, -0.2) is 47.6 Å². The molecule has 1 amide bonds. The monoisotopic (exact) mass is 472 g/mol. The van der Waals surface area contributed by atoms with Crippen LogP contribution in [-0.2, 0) is 22.6 Å². The summed E-state index contributed by atoms with van der Waals surface area (Å²) in [6.45, 7) is 5.65. The van der Waals surface area contributed by atoms with Gasteiger partial charge in [-0.05, 0) is 60.7 Å². The lowest BCUT2D eigenvalue weighted by Crippen LogP contribution is -2.36. The quantitative estimate of drug-likeness (QED) is 0.498. The van der Waals surface area contributed by atoms with E-state index >= 15 is 0 Å². The van der Waals surface area contributed by atoms with Crippen molar-refractivity contribution in [2.24, 2.45) is 0 Å². The molecule has 1 aliphatic heterocycles. The summed E-state index contributed by atoms with van der Waals surface area (Å²) in [7, 11) is 1.58. The van der Waals surface area contributed by atoms with E-state index in [0.29, 0.717) is 6.54 Å². The highest BCUT2D eigenvalue weighted by molar-refractivity contribution is 5.95. The van der Waals surface area contributed by atoms with Crippen LogP contribution in [0.5, 0.6) is 0 Å². The minimum absolute atomic E-state index is 0.00653. The third kappa shape index (κ3) is 6.74. The fourth-order valence-electron chi connectivity index (χ4n) is 4.80. The zero-order valence-electron chi connectivity index (χ0n) is 20.9. The lowest BCUT2D eigenvalue weighted by molar-refractivity contribution is -0.122. The highest BCUT2D eigenvalue weighted by Crippen LogP contribution is 2.30. The molecule has 0 atom stereocenters. The smallest absolute Gasteiger partial charge is 0.252 e. The maximum atomic E-state index is 13.1. The van der Waals surface area contributed by atoms with Crippen LogP contribution in [0, 0.1) is 6.92 Å². The first kappa shape index (κ1) is 25.0. The number of methoxy groups -OCH3 is 1. The van der Waals surface area contributed by atoms with E-state index in [0.717, 1.165) is 54.9 Å². The van der Waals surface area contributed by atoms with E-state index in [4.69, 9.17) is 4.74 Å². The van der Waals surface area contributed by atoms with Gasteiger partial charge in [-0.1, -0.05) is 49.6 Å². The summed E-state index contributed by atoms with van der Waals surface area (Å²) >= 11 is 0. The van der Waals surface area contributed by atoms with Crippen molar-refractivity contribution in [3.8, 4) is 11.1 Å². The summed E-state index contributed by atoms with van der Waals surface area (Å²) in [6.07, 6.45) is 10.9. The van der Waals surface area contributed by atoms with Crippen molar-refractivity contribution in [3.05, 3.63) is 77.9 Å². The van der Waals surface area contributed by atoms with E-state index in [1.807, 2.05) is 17.3 Å². The zero-order valence-corrected chi connectivity index (χ0v) is 20.9. The van der Waals surface area contributed by atoms with Gasteiger partial charge in [0.15, 0.2) is 0 Å². The van der Waals surface area contributed by atoms with E-state index in [1.54, 1.807) is 13.4 Å². The van der Waals surface area contributed by atoms with Gasteiger partial charge in [-0.2, -0.15) is 0 Å². The van der Waals surface area contributed by atoms with Crippen molar-refractivity contribution in [1.29, 1.82) is 0 Å². The average molecular weight is 473 g/mol. The first-order valence-corrected chi connectivity index (χ1v) is 12.6. The molecule has 1 aromatic heterocycles. The van der Waals surface area contributed by atoms with Crippen LogP contribution in [0.15, 0.2) is 61.2 Å². The Morgan fingerprint density at radius 2 is 1.69 bits per heavy atom. The van der Waals surface area contributed by atoms with Crippen molar-refractivity contribution in [3.63, 3.8) is 0 Å². The molecule has 0 spiro atoms. The number of benzene rings is 2. The van der Waals surface area contributed by atoms with E-state index in [9.17, 15) is 4.79 Å². The van der Waals surface area contributed by atoms with Crippen LogP contribution in [0.2, 0.25) is 0 Å². The van der Waals surface area contributed by atoms with Gasteiger partial charge < -0.3 is 9.64 Å². The van der Waals surface area contributed by atoms with Crippen molar-refractivity contribution >= 4 is 11.6 Å². The van der Waals surface area contributed by atoms with Gasteiger partial charge >= 0.3 is 0 Å². The van der Waals surface area contributed by atoms with Gasteiger partial charge in [0.1, 0.15) is 12.9 Å². The Balaban J connectivity index is 1.74. The normalized spacial score (nSPS) is 15.7. The second-order valence-corrected chi connectivity index (χ2v) is 9.35. The first-order valence-electron chi connectivity index (χ1n) is 12.6. The number of fused-ring (bicyclic) bond motifs is 1. The number of carbonyl (C=O) groups is 1. The maximum absolute atomic E-state index is 13.1. The Labute approximate surface area is 209 Å². The molecule has 6 nitrogen and oxygen atoms in total. The molecule has 6 heteroatoms. The van der Waals surface area contributed by atoms with Gasteiger partial charge in [0.05, 0.1) is 0 Å². The Bertz CT molecular complexity index is 1100. The zero-order chi connectivity index (χ0) is 24.5. The number of hydrogen-bond acceptors (Lipinski definition) is 5. The number of amides is 1. The molecule has 0 fully saturated rings. The van der Waals surface area contributed by atoms with Gasteiger partial charge in [0.2, 0.25) is 0 Å². The molecular formula is C29H36N4O2. The van der Waals surface area contributed by atoms with Crippen molar-refractivity contribution in [2.75, 3.05) is 31.7 Å². The molecule has 0 saturated heterocycles. The predicted octanol–water partition coefficient (Wildman–Crippen LogP) is 5.40. The van der Waals surface area contributed by atoms with E-state index in [1.165, 1.54) is 30.4 Å². The van der Waals surface area contributed by atoms with Gasteiger partial charge in [0.25, 0.3) is 5.91 Å². The molecule has 0 bridgehead atoms. The molecule has 0 radical (unpaired) electrons. The summed E-state index contributed by atoms with van der Waals surface area (Å²) in [4.78, 5) is 26.0. The molecule has 0 N–H and O–H groups in total. The second-order valence-electron chi connectivity index (χ2n) is 9.35. The largest absolute Gasteiger partial charge is 0.375 e. The number of anilines is 1. The minimum atomic E-state index is 0.00653. The van der Waals surface area contributed by atoms with Gasteiger partial charge in [-0.3, -0.25) is 9.69 Å². The number of hydrogen-bond donors (Lipinski definition) is 0. The summed E-state index contributed by atoms with van der Waals surface area (Å²) in [5.41, 5.74) is 6.81. The second kappa shape index (κ2) is 12.6. The predicted molar refractivity (Wildman–Crippen MR) is 140 cm³/mol. The minimum Gasteiger partial charge on any atom is -0.375 e. The number of rotatable bonds is 5. The molecule has 3 aromatic rings. The van der Waals surface area contributed by atoms with Gasteiger partial charge in [0, 0.05) is 50.4 Å². The lowest BCUT2D eigenvalue weighted by Gasteiger charge is -2.30. The number of aryl methyl sites for hydroxylation is 1. The highest BCUT2D eigenvalue weighted by Gasteiger charge is 2.21. The third-order valence-electron chi connectivity index (χ3n) is 6.74. The molecule has 1 aliphatic rings. The van der Waals surface area contributed by atoms with Crippen LogP contribution in [0.4, 0.5) is 5.69 Å². The summed E-state index contributed by atoms with van der Waals surface area (Å²) < 4.78 is 5.23. The van der Waals surface area contributed by atoms with Gasteiger partial charge in [-0.25, -0.2) is 9.97 Å². The van der Waals surface area contributed by atoms with E-state index in [-0.39, 0.29) is 12.5 Å². The molecule has 0 aliphatic carbocycles. The number of ether oxygens (including phenoxy) is 1. The van der Waals surface area contributed by atoms with Crippen LogP contribution < -0.4 is 4.90 Å². The number of nitrogens with zero attached hydrogens (tertiary/aromatic N) is 4. The number of carbonyl (C=O) groups excluding carboxylic acids is 1. The molecule has 2 heterocycles. The SMILES string of the molecule is COCC(=O)N1CCCCCCCN(Cc2ccccc2C)Cc2cc(-c3cncnc3)ccc21. The van der Waals surface area contributed by atoms with Crippen LogP contribution in [0.1, 0.15) is 48.8 Å². The molecule has 2 aromatic carbocycles. The fourth-order valence-corrected chi connectivity index (χ4v) is 4.80. The Kier molecular flexibility index (Phi) is 8.98. The Hall–Kier alpha value is -3.09. The highest BCUT2D eigenvalue weighted by atomic mass is 16.5. The van der Waals surface area contributed by atoms with Crippen LogP contribution in [0.3, 0.4) is 0 Å². The molecular weight excluding hydrogens is 436 g/mol. The molecule has 184 valence electrons. The van der Waals surface area contributed by atoms with Gasteiger partial charge in [-0.15, -0.1) is 0 Å². The van der Waals surface area contributed by atoms with E-state index < -0.39 is 0 Å². The van der Waals surface area contributed by atoms with Crippen molar-refractivity contribution in [2.45, 2.75) is 52.1 Å². The molecule has 35 heavy (non-hydrogen) atoms. The Morgan fingerprint density at radius 3 is 2.46 bits per heavy atom. The fraction of sp³-hybridized carbons (Fsp3) is 0.414. The van der Waals surface area contributed by atoms with Crippen molar-refractivity contribution < 1.29 is 9.53 Å². The van der Waals surface area contributed by atoms with Crippen LogP contribution in [0.25, 0.3) is 11.1 Å². The molecule has 0 saturated carbocycles. The summed E-state index contributed by atoms with van der Waals surface area (Å²) in [5, 5.41) is 0. The lowest BCUT2D eigenvalue weighted by atomic mass is 10.0.